The van der Waals surface area contributed by atoms with Crippen LogP contribution in [0.4, 0.5) is 0 Å². The van der Waals surface area contributed by atoms with Gasteiger partial charge in [-0.1, -0.05) is 64.6 Å². The first-order chi connectivity index (χ1) is 9.06. The molecule has 3 nitrogen and oxygen atoms in total. The Morgan fingerprint density at radius 1 is 1.21 bits per heavy atom. The van der Waals surface area contributed by atoms with Crippen LogP contribution in [0.15, 0.2) is 0 Å². The summed E-state index contributed by atoms with van der Waals surface area (Å²) in [5.41, 5.74) is 5.33. The van der Waals surface area contributed by atoms with Crippen molar-refractivity contribution < 1.29 is 4.79 Å². The van der Waals surface area contributed by atoms with Crippen LogP contribution in [0.3, 0.4) is 0 Å². The van der Waals surface area contributed by atoms with Crippen molar-refractivity contribution in [1.29, 1.82) is 0 Å². The molecule has 3 N–H and O–H groups in total. The number of hydrogen-bond donors (Lipinski definition) is 2. The van der Waals surface area contributed by atoms with Crippen molar-refractivity contribution in [3.63, 3.8) is 0 Å². The summed E-state index contributed by atoms with van der Waals surface area (Å²) < 4.78 is 0. The lowest BCUT2D eigenvalue weighted by molar-refractivity contribution is -0.128. The van der Waals surface area contributed by atoms with Crippen molar-refractivity contribution in [2.75, 3.05) is 6.54 Å². The van der Waals surface area contributed by atoms with Crippen molar-refractivity contribution in [1.82, 2.24) is 5.32 Å². The van der Waals surface area contributed by atoms with Crippen LogP contribution in [0.25, 0.3) is 0 Å². The number of amides is 1. The second-order valence-electron chi connectivity index (χ2n) is 5.75. The Kier molecular flexibility index (Phi) is 6.76. The van der Waals surface area contributed by atoms with E-state index in [9.17, 15) is 4.79 Å². The number of nitrogens with one attached hydrogen (secondary N) is 1. The third kappa shape index (κ3) is 4.16. The first-order valence-corrected chi connectivity index (χ1v) is 8.05. The van der Waals surface area contributed by atoms with E-state index in [1.165, 1.54) is 12.8 Å². The molecule has 1 saturated carbocycles. The van der Waals surface area contributed by atoms with E-state index in [0.29, 0.717) is 10.9 Å². The van der Waals surface area contributed by atoms with Gasteiger partial charge in [-0.05, 0) is 18.8 Å². The van der Waals surface area contributed by atoms with Crippen LogP contribution in [0, 0.1) is 11.3 Å². The predicted octanol–water partition coefficient (Wildman–Crippen LogP) is 3.17. The van der Waals surface area contributed by atoms with E-state index < -0.39 is 5.41 Å². The highest BCUT2D eigenvalue weighted by Gasteiger charge is 2.41. The van der Waals surface area contributed by atoms with Gasteiger partial charge >= 0.3 is 0 Å². The molecule has 1 aliphatic carbocycles. The maximum atomic E-state index is 12.6. The number of thiocarbonyl (C=S) groups is 1. The van der Waals surface area contributed by atoms with Gasteiger partial charge in [0.1, 0.15) is 0 Å². The molecule has 1 aliphatic rings. The molecular formula is C15H28N2OS. The van der Waals surface area contributed by atoms with E-state index in [0.717, 1.165) is 45.1 Å². The molecule has 0 spiro atoms. The minimum absolute atomic E-state index is 0.0637. The predicted molar refractivity (Wildman–Crippen MR) is 84.0 cm³/mol. The molecule has 0 aliphatic heterocycles. The largest absolute Gasteiger partial charge is 0.392 e. The molecule has 1 rings (SSSR count). The summed E-state index contributed by atoms with van der Waals surface area (Å²) >= 11 is 5.22. The van der Waals surface area contributed by atoms with Crippen molar-refractivity contribution in [3.8, 4) is 0 Å². The van der Waals surface area contributed by atoms with E-state index >= 15 is 0 Å². The number of carbonyl (C=O) groups is 1. The molecule has 1 amide bonds. The van der Waals surface area contributed by atoms with Crippen LogP contribution in [0.5, 0.6) is 0 Å². The van der Waals surface area contributed by atoms with Gasteiger partial charge in [-0.2, -0.15) is 0 Å². The normalized spacial score (nSPS) is 18.9. The number of hydrogen-bond acceptors (Lipinski definition) is 2. The Hall–Kier alpha value is -0.640. The third-order valence-corrected chi connectivity index (χ3v) is 4.96. The molecule has 19 heavy (non-hydrogen) atoms. The first-order valence-electron chi connectivity index (χ1n) is 7.65. The number of carbonyl (C=O) groups excluding carboxylic acids is 1. The standard InChI is InChI=1S/C15H28N2OS/c1-3-12(4-2)11-17-14(18)15(13(16)19)9-7-5-6-8-10-15/h12H,3-11H2,1-2H3,(H2,16,19)(H,17,18). The molecule has 0 aromatic rings. The summed E-state index contributed by atoms with van der Waals surface area (Å²) in [4.78, 5) is 13.0. The molecule has 110 valence electrons. The summed E-state index contributed by atoms with van der Waals surface area (Å²) in [6, 6.07) is 0. The molecule has 0 atom stereocenters. The van der Waals surface area contributed by atoms with Crippen molar-refractivity contribution in [3.05, 3.63) is 0 Å². The van der Waals surface area contributed by atoms with E-state index in [4.69, 9.17) is 18.0 Å². The van der Waals surface area contributed by atoms with E-state index in [1.54, 1.807) is 0 Å². The monoisotopic (exact) mass is 284 g/mol. The highest BCUT2D eigenvalue weighted by atomic mass is 32.1. The van der Waals surface area contributed by atoms with Crippen LogP contribution in [-0.2, 0) is 4.79 Å². The lowest BCUT2D eigenvalue weighted by Crippen LogP contribution is -2.49. The van der Waals surface area contributed by atoms with Crippen molar-refractivity contribution >= 4 is 23.1 Å². The molecule has 0 bridgehead atoms. The van der Waals surface area contributed by atoms with Gasteiger partial charge < -0.3 is 11.1 Å². The van der Waals surface area contributed by atoms with Gasteiger partial charge in [-0.15, -0.1) is 0 Å². The molecule has 0 radical (unpaired) electrons. The average Bonchev–Trinajstić information content (AvgIpc) is 2.66. The minimum Gasteiger partial charge on any atom is -0.392 e. The zero-order chi connectivity index (χ0) is 14.3. The first kappa shape index (κ1) is 16.4. The van der Waals surface area contributed by atoms with E-state index in [1.807, 2.05) is 0 Å². The Morgan fingerprint density at radius 2 is 1.74 bits per heavy atom. The van der Waals surface area contributed by atoms with Crippen LogP contribution >= 0.6 is 12.2 Å². The number of rotatable bonds is 6. The smallest absolute Gasteiger partial charge is 0.233 e. The van der Waals surface area contributed by atoms with Crippen molar-refractivity contribution in [2.45, 2.75) is 65.2 Å². The quantitative estimate of drug-likeness (QED) is 0.582. The Bertz CT molecular complexity index is 305. The maximum Gasteiger partial charge on any atom is 0.233 e. The molecule has 0 aromatic carbocycles. The van der Waals surface area contributed by atoms with Gasteiger partial charge in [-0.3, -0.25) is 4.79 Å². The van der Waals surface area contributed by atoms with Crippen molar-refractivity contribution in [2.24, 2.45) is 17.1 Å². The summed E-state index contributed by atoms with van der Waals surface area (Å²) in [7, 11) is 0. The number of nitrogens with two attached hydrogens (primary N) is 1. The fourth-order valence-electron chi connectivity index (χ4n) is 2.90. The Morgan fingerprint density at radius 3 is 2.16 bits per heavy atom. The second-order valence-corrected chi connectivity index (χ2v) is 6.19. The third-order valence-electron chi connectivity index (χ3n) is 4.57. The van der Waals surface area contributed by atoms with Gasteiger partial charge in [0.2, 0.25) is 5.91 Å². The van der Waals surface area contributed by atoms with Crippen LogP contribution in [0.2, 0.25) is 0 Å². The van der Waals surface area contributed by atoms with Crippen LogP contribution in [-0.4, -0.2) is 17.4 Å². The van der Waals surface area contributed by atoms with Crippen LogP contribution < -0.4 is 11.1 Å². The van der Waals surface area contributed by atoms with E-state index in [2.05, 4.69) is 19.2 Å². The van der Waals surface area contributed by atoms with Gasteiger partial charge in [0, 0.05) is 6.54 Å². The Balaban J connectivity index is 2.69. The summed E-state index contributed by atoms with van der Waals surface area (Å²) in [5, 5.41) is 3.10. The highest BCUT2D eigenvalue weighted by molar-refractivity contribution is 7.80. The zero-order valence-electron chi connectivity index (χ0n) is 12.3. The molecule has 0 aromatic heterocycles. The average molecular weight is 284 g/mol. The lowest BCUT2D eigenvalue weighted by Gasteiger charge is -2.31. The SMILES string of the molecule is CCC(CC)CNC(=O)C1(C(N)=S)CCCCCC1. The van der Waals surface area contributed by atoms with Gasteiger partial charge in [0.25, 0.3) is 0 Å². The maximum absolute atomic E-state index is 12.6. The lowest BCUT2D eigenvalue weighted by atomic mass is 9.79. The second kappa shape index (κ2) is 7.83. The molecule has 0 unspecified atom stereocenters. The van der Waals surface area contributed by atoms with Crippen LogP contribution in [0.1, 0.15) is 65.2 Å². The fraction of sp³-hybridized carbons (Fsp3) is 0.867. The topological polar surface area (TPSA) is 55.1 Å². The molecular weight excluding hydrogens is 256 g/mol. The minimum atomic E-state index is -0.585. The summed E-state index contributed by atoms with van der Waals surface area (Å²) in [5.74, 6) is 0.618. The van der Waals surface area contributed by atoms with Gasteiger partial charge in [-0.25, -0.2) is 0 Å². The molecule has 0 saturated heterocycles. The molecule has 4 heteroatoms. The zero-order valence-corrected chi connectivity index (χ0v) is 13.2. The Labute approximate surface area is 122 Å². The summed E-state index contributed by atoms with van der Waals surface area (Å²) in [6.07, 6.45) is 8.29. The fourth-order valence-corrected chi connectivity index (χ4v) is 3.20. The summed E-state index contributed by atoms with van der Waals surface area (Å²) in [6.45, 7) is 5.07. The van der Waals surface area contributed by atoms with Gasteiger partial charge in [0.05, 0.1) is 10.4 Å². The molecule has 1 fully saturated rings. The van der Waals surface area contributed by atoms with Gasteiger partial charge in [0.15, 0.2) is 0 Å². The highest BCUT2D eigenvalue weighted by Crippen LogP contribution is 2.35. The molecule has 0 heterocycles. The van der Waals surface area contributed by atoms with E-state index in [-0.39, 0.29) is 5.91 Å².